The Hall–Kier alpha value is -2.83. The average Bonchev–Trinajstić information content (AvgIpc) is 2.83. The quantitative estimate of drug-likeness (QED) is 0.502. The first-order chi connectivity index (χ1) is 15.8. The van der Waals surface area contributed by atoms with Gasteiger partial charge in [-0.15, -0.1) is 0 Å². The topological polar surface area (TPSA) is 66.5 Å². The van der Waals surface area contributed by atoms with Gasteiger partial charge in [0.2, 0.25) is 0 Å². The molecule has 0 bridgehead atoms. The Labute approximate surface area is 200 Å². The number of anilines is 1. The van der Waals surface area contributed by atoms with Gasteiger partial charge in [-0.25, -0.2) is 8.42 Å². The first kappa shape index (κ1) is 23.3. The lowest BCUT2D eigenvalue weighted by Gasteiger charge is -2.21. The molecule has 3 aromatic carbocycles. The number of sulfonamides is 1. The minimum absolute atomic E-state index is 0.127. The summed E-state index contributed by atoms with van der Waals surface area (Å²) in [5, 5.41) is 3.52. The number of halogens is 1. The van der Waals surface area contributed by atoms with Gasteiger partial charge in [0.05, 0.1) is 16.6 Å². The highest BCUT2D eigenvalue weighted by Crippen LogP contribution is 2.26. The summed E-state index contributed by atoms with van der Waals surface area (Å²) < 4.78 is 26.9. The molecular formula is C26H27ClN2O3S. The third-order valence-corrected chi connectivity index (χ3v) is 8.24. The summed E-state index contributed by atoms with van der Waals surface area (Å²) in [4.78, 5) is 12.9. The number of carbonyl (C=O) groups is 1. The number of hydrogen-bond donors (Lipinski definition) is 1. The van der Waals surface area contributed by atoms with Crippen LogP contribution in [0.5, 0.6) is 0 Å². The number of nitrogens with zero attached hydrogens (tertiary/aromatic N) is 1. The van der Waals surface area contributed by atoms with E-state index < -0.39 is 10.0 Å². The molecular weight excluding hydrogens is 456 g/mol. The lowest BCUT2D eigenvalue weighted by atomic mass is 9.89. The number of carbonyl (C=O) groups excluding carboxylic acids is 1. The Morgan fingerprint density at radius 1 is 0.939 bits per heavy atom. The van der Waals surface area contributed by atoms with Crippen molar-refractivity contribution in [3.8, 4) is 0 Å². The number of amides is 1. The number of aryl methyl sites for hydroxylation is 2. The molecule has 4 rings (SSSR count). The van der Waals surface area contributed by atoms with Crippen molar-refractivity contribution in [3.05, 3.63) is 94.0 Å². The van der Waals surface area contributed by atoms with E-state index >= 15 is 0 Å². The van der Waals surface area contributed by atoms with E-state index in [1.807, 2.05) is 6.92 Å². The molecule has 1 unspecified atom stereocenters. The number of hydrogen-bond acceptors (Lipinski definition) is 3. The molecule has 172 valence electrons. The van der Waals surface area contributed by atoms with Crippen molar-refractivity contribution >= 4 is 33.2 Å². The summed E-state index contributed by atoms with van der Waals surface area (Å²) in [7, 11) is -2.25. The van der Waals surface area contributed by atoms with Crippen LogP contribution in [0.25, 0.3) is 0 Å². The van der Waals surface area contributed by atoms with Gasteiger partial charge >= 0.3 is 0 Å². The Balaban J connectivity index is 1.45. The van der Waals surface area contributed by atoms with Crippen LogP contribution in [0.4, 0.5) is 5.69 Å². The molecule has 0 aromatic heterocycles. The number of fused-ring (bicyclic) bond motifs is 1. The van der Waals surface area contributed by atoms with Gasteiger partial charge in [-0.05, 0) is 97.8 Å². The van der Waals surface area contributed by atoms with Crippen LogP contribution in [0, 0.1) is 0 Å². The summed E-state index contributed by atoms with van der Waals surface area (Å²) in [6, 6.07) is 18.9. The highest BCUT2D eigenvalue weighted by molar-refractivity contribution is 7.92. The van der Waals surface area contributed by atoms with E-state index in [1.165, 1.54) is 47.5 Å². The van der Waals surface area contributed by atoms with E-state index in [4.69, 9.17) is 11.6 Å². The predicted octanol–water partition coefficient (Wildman–Crippen LogP) is 5.53. The van der Waals surface area contributed by atoms with Crippen LogP contribution in [-0.2, 0) is 22.9 Å². The maximum absolute atomic E-state index is 12.9. The van der Waals surface area contributed by atoms with Crippen molar-refractivity contribution in [1.29, 1.82) is 0 Å². The van der Waals surface area contributed by atoms with Gasteiger partial charge in [-0.3, -0.25) is 9.10 Å². The molecule has 0 heterocycles. The first-order valence-electron chi connectivity index (χ1n) is 11.0. The molecule has 0 saturated heterocycles. The van der Waals surface area contributed by atoms with Crippen molar-refractivity contribution in [2.75, 3.05) is 11.4 Å². The highest BCUT2D eigenvalue weighted by atomic mass is 35.5. The fourth-order valence-corrected chi connectivity index (χ4v) is 5.43. The molecule has 1 amide bonds. The van der Waals surface area contributed by atoms with E-state index in [0.717, 1.165) is 18.4 Å². The Kier molecular flexibility index (Phi) is 6.77. The van der Waals surface area contributed by atoms with Crippen molar-refractivity contribution in [2.45, 2.75) is 43.5 Å². The summed E-state index contributed by atoms with van der Waals surface area (Å²) in [6.45, 7) is 1.98. The van der Waals surface area contributed by atoms with Gasteiger partial charge in [0.25, 0.3) is 15.9 Å². The molecule has 5 nitrogen and oxygen atoms in total. The maximum atomic E-state index is 12.9. The minimum atomic E-state index is -3.73. The van der Waals surface area contributed by atoms with Gasteiger partial charge < -0.3 is 5.32 Å². The van der Waals surface area contributed by atoms with Crippen LogP contribution in [0.3, 0.4) is 0 Å². The van der Waals surface area contributed by atoms with Crippen LogP contribution in [0.15, 0.2) is 71.6 Å². The highest BCUT2D eigenvalue weighted by Gasteiger charge is 2.22. The molecule has 0 spiro atoms. The van der Waals surface area contributed by atoms with Crippen molar-refractivity contribution in [3.63, 3.8) is 0 Å². The zero-order valence-corrected chi connectivity index (χ0v) is 20.3. The van der Waals surface area contributed by atoms with E-state index in [2.05, 4.69) is 23.5 Å². The second kappa shape index (κ2) is 9.57. The molecule has 0 fully saturated rings. The van der Waals surface area contributed by atoms with Crippen molar-refractivity contribution in [2.24, 2.45) is 0 Å². The molecule has 1 aliphatic rings. The molecule has 0 radical (unpaired) electrons. The fourth-order valence-electron chi connectivity index (χ4n) is 4.11. The third kappa shape index (κ3) is 5.07. The second-order valence-electron chi connectivity index (χ2n) is 8.40. The SMILES string of the molecule is CC(NC(=O)c1ccc(N(C)S(=O)(=O)c2ccc(Cl)cc2)cc1)c1ccc2c(c1)CCCC2. The van der Waals surface area contributed by atoms with Gasteiger partial charge in [-0.2, -0.15) is 0 Å². The maximum Gasteiger partial charge on any atom is 0.264 e. The fraction of sp³-hybridized carbons (Fsp3) is 0.269. The zero-order chi connectivity index (χ0) is 23.6. The Morgan fingerprint density at radius 2 is 1.58 bits per heavy atom. The monoisotopic (exact) mass is 482 g/mol. The normalized spacial score (nSPS) is 14.3. The standard InChI is InChI=1S/C26H27ClN2O3S/c1-18(21-8-7-19-5-3-4-6-22(19)17-21)28-26(30)20-9-13-24(14-10-20)29(2)33(31,32)25-15-11-23(27)12-16-25/h7-18H,3-6H2,1-2H3,(H,28,30). The zero-order valence-electron chi connectivity index (χ0n) is 18.7. The van der Waals surface area contributed by atoms with Gasteiger partial charge in [0.15, 0.2) is 0 Å². The summed E-state index contributed by atoms with van der Waals surface area (Å²) in [5.41, 5.74) is 4.82. The van der Waals surface area contributed by atoms with E-state index in [9.17, 15) is 13.2 Å². The first-order valence-corrected chi connectivity index (χ1v) is 12.8. The smallest absolute Gasteiger partial charge is 0.264 e. The molecule has 1 N–H and O–H groups in total. The van der Waals surface area contributed by atoms with E-state index in [-0.39, 0.29) is 16.8 Å². The van der Waals surface area contributed by atoms with Gasteiger partial charge in [0, 0.05) is 17.6 Å². The van der Waals surface area contributed by atoms with Crippen LogP contribution in [0.2, 0.25) is 5.02 Å². The average molecular weight is 483 g/mol. The Morgan fingerprint density at radius 3 is 2.24 bits per heavy atom. The minimum Gasteiger partial charge on any atom is -0.346 e. The molecule has 33 heavy (non-hydrogen) atoms. The van der Waals surface area contributed by atoms with E-state index in [0.29, 0.717) is 16.3 Å². The van der Waals surface area contributed by atoms with Crippen LogP contribution in [-0.4, -0.2) is 21.4 Å². The van der Waals surface area contributed by atoms with Gasteiger partial charge in [-0.1, -0.05) is 29.8 Å². The lowest BCUT2D eigenvalue weighted by Crippen LogP contribution is -2.28. The van der Waals surface area contributed by atoms with Gasteiger partial charge in [0.1, 0.15) is 0 Å². The second-order valence-corrected chi connectivity index (χ2v) is 10.8. The van der Waals surface area contributed by atoms with Crippen LogP contribution in [0.1, 0.15) is 52.9 Å². The molecule has 1 aliphatic carbocycles. The van der Waals surface area contributed by atoms with Crippen LogP contribution < -0.4 is 9.62 Å². The number of benzene rings is 3. The molecule has 0 saturated carbocycles. The Bertz CT molecular complexity index is 1260. The van der Waals surface area contributed by atoms with Crippen molar-refractivity contribution < 1.29 is 13.2 Å². The summed E-state index contributed by atoms with van der Waals surface area (Å²) in [6.07, 6.45) is 4.68. The predicted molar refractivity (Wildman–Crippen MR) is 132 cm³/mol. The molecule has 3 aromatic rings. The van der Waals surface area contributed by atoms with Crippen LogP contribution >= 0.6 is 11.6 Å². The summed E-state index contributed by atoms with van der Waals surface area (Å²) in [5.74, 6) is -0.199. The summed E-state index contributed by atoms with van der Waals surface area (Å²) >= 11 is 5.87. The molecule has 7 heteroatoms. The largest absolute Gasteiger partial charge is 0.346 e. The van der Waals surface area contributed by atoms with E-state index in [1.54, 1.807) is 36.4 Å². The molecule has 0 aliphatic heterocycles. The lowest BCUT2D eigenvalue weighted by molar-refractivity contribution is 0.0940. The number of nitrogens with one attached hydrogen (secondary N) is 1. The third-order valence-electron chi connectivity index (χ3n) is 6.19. The number of rotatable bonds is 6. The molecule has 1 atom stereocenters. The van der Waals surface area contributed by atoms with Crippen molar-refractivity contribution in [1.82, 2.24) is 5.32 Å².